The molecular formula is C29H34ClN7O3S. The van der Waals surface area contributed by atoms with Gasteiger partial charge in [-0.1, -0.05) is 18.0 Å². The Labute approximate surface area is 247 Å². The zero-order chi connectivity index (χ0) is 28.5. The number of halogens is 1. The number of anilines is 2. The highest BCUT2D eigenvalue weighted by Crippen LogP contribution is 2.42. The topological polar surface area (TPSA) is 112 Å². The van der Waals surface area contributed by atoms with E-state index in [2.05, 4.69) is 39.6 Å². The third-order valence-electron chi connectivity index (χ3n) is 9.48. The highest BCUT2D eigenvalue weighted by molar-refractivity contribution is 7.19. The van der Waals surface area contributed by atoms with Crippen molar-refractivity contribution in [2.24, 2.45) is 5.92 Å². The van der Waals surface area contributed by atoms with Gasteiger partial charge >= 0.3 is 0 Å². The van der Waals surface area contributed by atoms with Gasteiger partial charge in [0, 0.05) is 29.9 Å². The van der Waals surface area contributed by atoms with Gasteiger partial charge in [-0.25, -0.2) is 9.97 Å². The molecule has 0 aromatic carbocycles. The summed E-state index contributed by atoms with van der Waals surface area (Å²) in [6.07, 6.45) is 9.10. The van der Waals surface area contributed by atoms with E-state index in [-0.39, 0.29) is 39.7 Å². The van der Waals surface area contributed by atoms with Gasteiger partial charge in [-0.3, -0.25) is 19.0 Å². The number of carbonyl (C=O) groups is 2. The summed E-state index contributed by atoms with van der Waals surface area (Å²) in [6.45, 7) is 1.61. The van der Waals surface area contributed by atoms with Crippen LogP contribution in [0.15, 0.2) is 17.2 Å². The van der Waals surface area contributed by atoms with Gasteiger partial charge in [-0.2, -0.15) is 0 Å². The lowest BCUT2D eigenvalue weighted by Gasteiger charge is -2.35. The number of hydrogen-bond acceptors (Lipinski definition) is 8. The van der Waals surface area contributed by atoms with E-state index in [0.717, 1.165) is 72.3 Å². The zero-order valence-corrected chi connectivity index (χ0v) is 24.9. The molecule has 2 aliphatic heterocycles. The van der Waals surface area contributed by atoms with Crippen molar-refractivity contribution < 1.29 is 9.59 Å². The lowest BCUT2D eigenvalue weighted by atomic mass is 9.87. The van der Waals surface area contributed by atoms with Crippen LogP contribution in [0.25, 0.3) is 10.2 Å². The van der Waals surface area contributed by atoms with Crippen LogP contribution in [0.2, 0.25) is 5.02 Å². The number of aromatic nitrogens is 3. The minimum atomic E-state index is -0.727. The van der Waals surface area contributed by atoms with E-state index < -0.39 is 5.66 Å². The Bertz CT molecular complexity index is 1630. The number of likely N-dealkylation sites (N-methyl/N-ethyl adjacent to an activating group) is 1. The molecule has 2 fully saturated rings. The number of likely N-dealkylation sites (tertiary alicyclic amines) is 1. The predicted molar refractivity (Wildman–Crippen MR) is 159 cm³/mol. The van der Waals surface area contributed by atoms with Crippen LogP contribution in [0.4, 0.5) is 11.5 Å². The smallest absolute Gasteiger partial charge is 0.276 e. The summed E-state index contributed by atoms with van der Waals surface area (Å²) >= 11 is 8.22. The van der Waals surface area contributed by atoms with Crippen molar-refractivity contribution in [1.29, 1.82) is 0 Å². The van der Waals surface area contributed by atoms with E-state index in [1.165, 1.54) is 12.4 Å². The van der Waals surface area contributed by atoms with E-state index in [1.54, 1.807) is 15.9 Å². The van der Waals surface area contributed by atoms with Crippen LogP contribution in [-0.4, -0.2) is 69.4 Å². The Kier molecular flexibility index (Phi) is 6.59. The van der Waals surface area contributed by atoms with Gasteiger partial charge in [0.15, 0.2) is 0 Å². The van der Waals surface area contributed by atoms with E-state index in [1.807, 2.05) is 4.90 Å². The molecule has 2 amide bonds. The van der Waals surface area contributed by atoms with E-state index in [0.29, 0.717) is 31.1 Å². The molecule has 216 valence electrons. The number of aryl methyl sites for hydroxylation is 1. The summed E-state index contributed by atoms with van der Waals surface area (Å²) in [7, 11) is 4.15. The second-order valence-corrected chi connectivity index (χ2v) is 13.6. The molecule has 12 heteroatoms. The maximum Gasteiger partial charge on any atom is 0.276 e. The van der Waals surface area contributed by atoms with Crippen LogP contribution < -0.4 is 16.2 Å². The quantitative estimate of drug-likeness (QED) is 0.471. The van der Waals surface area contributed by atoms with Crippen LogP contribution in [0.5, 0.6) is 0 Å². The van der Waals surface area contributed by atoms with Crippen molar-refractivity contribution in [3.8, 4) is 0 Å². The summed E-state index contributed by atoms with van der Waals surface area (Å²) in [6, 6.07) is 1.96. The minimum absolute atomic E-state index is 0.0299. The number of amides is 2. The fourth-order valence-corrected chi connectivity index (χ4v) is 8.82. The third-order valence-corrected chi connectivity index (χ3v) is 10.9. The molecule has 1 saturated heterocycles. The third kappa shape index (κ3) is 4.35. The van der Waals surface area contributed by atoms with Gasteiger partial charge < -0.3 is 20.4 Å². The number of carbonyl (C=O) groups excluding carboxylic acids is 2. The maximum atomic E-state index is 13.9. The molecule has 1 spiro atoms. The van der Waals surface area contributed by atoms with Gasteiger partial charge in [0.05, 0.1) is 10.4 Å². The molecule has 7 rings (SSSR count). The van der Waals surface area contributed by atoms with Crippen molar-refractivity contribution in [3.63, 3.8) is 0 Å². The summed E-state index contributed by atoms with van der Waals surface area (Å²) in [4.78, 5) is 55.5. The number of hydrogen-bond donors (Lipinski definition) is 2. The molecule has 5 heterocycles. The first-order valence-corrected chi connectivity index (χ1v) is 15.7. The van der Waals surface area contributed by atoms with Gasteiger partial charge in [0.25, 0.3) is 11.5 Å². The molecular weight excluding hydrogens is 562 g/mol. The lowest BCUT2D eigenvalue weighted by molar-refractivity contribution is -0.134. The summed E-state index contributed by atoms with van der Waals surface area (Å²) in [5.74, 6) is 0.474. The van der Waals surface area contributed by atoms with Crippen LogP contribution in [0.3, 0.4) is 0 Å². The molecule has 0 radical (unpaired) electrons. The standard InChI is InChI=1S/C29H34ClN7O3S/c1-35(2)17-8-11-36(14-17)27(39)16-6-7-18-21(12-16)41-26-22(18)24(31-15-32-26)33-20-13-19(30)23-25(38)34-29(37(23)28(20)40)9-4-3-5-10-29/h13,15-17H,3-12,14H2,1-2H3,(H,34,38)(H,31,32,33)/t16-,17-/m0/s1. The molecule has 41 heavy (non-hydrogen) atoms. The first kappa shape index (κ1) is 26.9. The molecule has 1 saturated carbocycles. The summed E-state index contributed by atoms with van der Waals surface area (Å²) < 4.78 is 1.58. The number of fused-ring (bicyclic) bond motifs is 5. The maximum absolute atomic E-state index is 13.9. The van der Waals surface area contributed by atoms with E-state index in [4.69, 9.17) is 11.6 Å². The zero-order valence-electron chi connectivity index (χ0n) is 23.3. The molecule has 0 bridgehead atoms. The molecule has 2 aliphatic carbocycles. The Morgan fingerprint density at radius 2 is 2.00 bits per heavy atom. The Morgan fingerprint density at radius 3 is 2.76 bits per heavy atom. The second kappa shape index (κ2) is 10.1. The van der Waals surface area contributed by atoms with E-state index >= 15 is 0 Å². The summed E-state index contributed by atoms with van der Waals surface area (Å²) in [5.41, 5.74) is 0.657. The molecule has 0 unspecified atom stereocenters. The first-order valence-electron chi connectivity index (χ1n) is 14.5. The van der Waals surface area contributed by atoms with Gasteiger partial charge in [0.1, 0.15) is 34.0 Å². The molecule has 3 aromatic rings. The van der Waals surface area contributed by atoms with Crippen LogP contribution >= 0.6 is 22.9 Å². The van der Waals surface area contributed by atoms with Crippen molar-refractivity contribution in [2.45, 2.75) is 69.5 Å². The largest absolute Gasteiger partial charge is 0.341 e. The van der Waals surface area contributed by atoms with Crippen LogP contribution in [-0.2, 0) is 23.3 Å². The predicted octanol–water partition coefficient (Wildman–Crippen LogP) is 3.88. The number of thiophene rings is 1. The van der Waals surface area contributed by atoms with Crippen LogP contribution in [0.1, 0.15) is 65.9 Å². The molecule has 2 N–H and O–H groups in total. The molecule has 4 aliphatic rings. The highest BCUT2D eigenvalue weighted by atomic mass is 35.5. The Hall–Kier alpha value is -3.02. The molecule has 2 atom stereocenters. The first-order chi connectivity index (χ1) is 19.8. The Balaban J connectivity index is 1.20. The lowest BCUT2D eigenvalue weighted by Crippen LogP contribution is -2.48. The van der Waals surface area contributed by atoms with Crippen molar-refractivity contribution >= 4 is 56.5 Å². The average Bonchev–Trinajstić information content (AvgIpc) is 3.66. The highest BCUT2D eigenvalue weighted by Gasteiger charge is 2.45. The van der Waals surface area contributed by atoms with Gasteiger partial charge in [-0.05, 0) is 77.1 Å². The second-order valence-electron chi connectivity index (χ2n) is 12.1. The number of pyridine rings is 1. The SMILES string of the molecule is CN(C)[C@H]1CCN(C(=O)[C@H]2CCc3c(sc4ncnc(Nc5cc(Cl)c6n(c5=O)C5(CCCCC5)NC6=O)c34)C2)C1. The summed E-state index contributed by atoms with van der Waals surface area (Å²) in [5, 5.41) is 7.48. The minimum Gasteiger partial charge on any atom is -0.341 e. The average molecular weight is 596 g/mol. The van der Waals surface area contributed by atoms with Crippen LogP contribution in [0, 0.1) is 5.92 Å². The fourth-order valence-electron chi connectivity index (χ4n) is 7.27. The van der Waals surface area contributed by atoms with E-state index in [9.17, 15) is 14.4 Å². The fraction of sp³-hybridized carbons (Fsp3) is 0.552. The number of nitrogens with zero attached hydrogens (tertiary/aromatic N) is 5. The van der Waals surface area contributed by atoms with Crippen molar-refractivity contribution in [2.75, 3.05) is 32.5 Å². The molecule has 10 nitrogen and oxygen atoms in total. The Morgan fingerprint density at radius 1 is 1.20 bits per heavy atom. The van der Waals surface area contributed by atoms with Crippen molar-refractivity contribution in [3.05, 3.63) is 43.9 Å². The normalized spacial score (nSPS) is 23.2. The van der Waals surface area contributed by atoms with Gasteiger partial charge in [0.2, 0.25) is 5.91 Å². The van der Waals surface area contributed by atoms with Gasteiger partial charge in [-0.15, -0.1) is 11.3 Å². The molecule has 3 aromatic heterocycles. The van der Waals surface area contributed by atoms with Crippen molar-refractivity contribution in [1.82, 2.24) is 29.7 Å². The number of nitrogens with one attached hydrogen (secondary N) is 2. The monoisotopic (exact) mass is 595 g/mol. The number of rotatable bonds is 4.